The van der Waals surface area contributed by atoms with Gasteiger partial charge in [-0.15, -0.1) is 0 Å². The molecule has 0 spiro atoms. The summed E-state index contributed by atoms with van der Waals surface area (Å²) in [4.78, 5) is 53.2. The number of hydrogen-bond acceptors (Lipinski definition) is 6. The highest BCUT2D eigenvalue weighted by atomic mass is 32.2. The Morgan fingerprint density at radius 2 is 1.66 bits per heavy atom. The van der Waals surface area contributed by atoms with Gasteiger partial charge in [0.15, 0.2) is 0 Å². The zero-order valence-electron chi connectivity index (χ0n) is 23.8. The SMILES string of the molecule is CSCC[C@H](NC(=O)OC(C)(C)C)C(=O)N1CCC(C(=O)N[C@H](C(=O)Nc2ccc(C)cc2)C(C)C)CC1. The molecule has 1 heterocycles. The quantitative estimate of drug-likeness (QED) is 0.408. The van der Waals surface area contributed by atoms with Crippen molar-refractivity contribution in [1.29, 1.82) is 0 Å². The lowest BCUT2D eigenvalue weighted by atomic mass is 9.94. The lowest BCUT2D eigenvalue weighted by Gasteiger charge is -2.34. The third-order valence-electron chi connectivity index (χ3n) is 6.34. The summed E-state index contributed by atoms with van der Waals surface area (Å²) >= 11 is 1.60. The Morgan fingerprint density at radius 1 is 1.05 bits per heavy atom. The van der Waals surface area contributed by atoms with E-state index < -0.39 is 23.8 Å². The number of anilines is 1. The minimum Gasteiger partial charge on any atom is -0.444 e. The van der Waals surface area contributed by atoms with Gasteiger partial charge >= 0.3 is 6.09 Å². The average molecular weight is 549 g/mol. The highest BCUT2D eigenvalue weighted by Crippen LogP contribution is 2.20. The first-order valence-electron chi connectivity index (χ1n) is 13.3. The molecule has 0 aliphatic carbocycles. The van der Waals surface area contributed by atoms with E-state index in [4.69, 9.17) is 4.74 Å². The Hall–Kier alpha value is -2.75. The number of amides is 4. The third kappa shape index (κ3) is 10.2. The van der Waals surface area contributed by atoms with Crippen molar-refractivity contribution in [3.63, 3.8) is 0 Å². The van der Waals surface area contributed by atoms with E-state index in [1.54, 1.807) is 37.4 Å². The molecule has 2 rings (SSSR count). The molecule has 38 heavy (non-hydrogen) atoms. The van der Waals surface area contributed by atoms with Crippen LogP contribution in [0.2, 0.25) is 0 Å². The summed E-state index contributed by atoms with van der Waals surface area (Å²) < 4.78 is 5.34. The van der Waals surface area contributed by atoms with E-state index in [0.717, 1.165) is 5.56 Å². The zero-order chi connectivity index (χ0) is 28.5. The summed E-state index contributed by atoms with van der Waals surface area (Å²) in [5.74, 6) is -0.276. The van der Waals surface area contributed by atoms with E-state index in [1.165, 1.54) is 0 Å². The van der Waals surface area contributed by atoms with E-state index in [1.807, 2.05) is 51.3 Å². The van der Waals surface area contributed by atoms with Gasteiger partial charge in [-0.05, 0) is 77.0 Å². The van der Waals surface area contributed by atoms with Gasteiger partial charge in [0.2, 0.25) is 17.7 Å². The van der Waals surface area contributed by atoms with Gasteiger partial charge in [0.25, 0.3) is 0 Å². The topological polar surface area (TPSA) is 117 Å². The number of nitrogens with zero attached hydrogens (tertiary/aromatic N) is 1. The van der Waals surface area contributed by atoms with E-state index >= 15 is 0 Å². The summed E-state index contributed by atoms with van der Waals surface area (Å²) in [6.07, 6.45) is 2.80. The standard InChI is InChI=1S/C28H44N4O5S/c1-18(2)23(25(34)29-21-10-8-19(3)9-11-21)31-24(33)20-12-15-32(16-13-20)26(35)22(14-17-38-7)30-27(36)37-28(4,5)6/h8-11,18,20,22-23H,12-17H2,1-7H3,(H,29,34)(H,30,36)(H,31,33)/t22-,23-/m0/s1. The van der Waals surface area contributed by atoms with Crippen molar-refractivity contribution in [2.75, 3.05) is 30.4 Å². The first-order valence-corrected chi connectivity index (χ1v) is 14.6. The molecule has 2 atom stereocenters. The predicted octanol–water partition coefficient (Wildman–Crippen LogP) is 3.96. The van der Waals surface area contributed by atoms with Gasteiger partial charge in [0.1, 0.15) is 17.7 Å². The second-order valence-corrected chi connectivity index (χ2v) is 12.2. The van der Waals surface area contributed by atoms with E-state index in [9.17, 15) is 19.2 Å². The third-order valence-corrected chi connectivity index (χ3v) is 6.99. The van der Waals surface area contributed by atoms with Gasteiger partial charge in [-0.3, -0.25) is 14.4 Å². The van der Waals surface area contributed by atoms with Crippen molar-refractivity contribution in [2.24, 2.45) is 11.8 Å². The van der Waals surface area contributed by atoms with E-state index in [2.05, 4.69) is 16.0 Å². The molecule has 1 saturated heterocycles. The largest absolute Gasteiger partial charge is 0.444 e. The van der Waals surface area contributed by atoms with Gasteiger partial charge in [0, 0.05) is 24.7 Å². The molecule has 0 radical (unpaired) electrons. The minimum atomic E-state index is -0.682. The number of benzene rings is 1. The number of hydrogen-bond donors (Lipinski definition) is 3. The zero-order valence-corrected chi connectivity index (χ0v) is 24.6. The highest BCUT2D eigenvalue weighted by molar-refractivity contribution is 7.98. The summed E-state index contributed by atoms with van der Waals surface area (Å²) in [5, 5.41) is 8.54. The van der Waals surface area contributed by atoms with E-state index in [0.29, 0.717) is 43.8 Å². The molecule has 1 aromatic rings. The van der Waals surface area contributed by atoms with Crippen molar-refractivity contribution in [1.82, 2.24) is 15.5 Å². The van der Waals surface area contributed by atoms with Crippen LogP contribution < -0.4 is 16.0 Å². The molecular weight excluding hydrogens is 504 g/mol. The van der Waals surface area contributed by atoms with Gasteiger partial charge in [0.05, 0.1) is 0 Å². The molecule has 0 aromatic heterocycles. The number of carbonyl (C=O) groups is 4. The molecule has 1 aliphatic rings. The Morgan fingerprint density at radius 3 is 2.18 bits per heavy atom. The van der Waals surface area contributed by atoms with Crippen LogP contribution in [0.25, 0.3) is 0 Å². The number of nitrogens with one attached hydrogen (secondary N) is 3. The first-order chi connectivity index (χ1) is 17.8. The molecule has 0 saturated carbocycles. The summed E-state index contributed by atoms with van der Waals surface area (Å²) in [6, 6.07) is 6.16. The summed E-state index contributed by atoms with van der Waals surface area (Å²) in [5.41, 5.74) is 1.12. The Balaban J connectivity index is 1.94. The van der Waals surface area contributed by atoms with Crippen LogP contribution in [0.1, 0.15) is 59.4 Å². The molecule has 4 amide bonds. The Kier molecular flexibility index (Phi) is 11.9. The molecule has 9 nitrogen and oxygen atoms in total. The fourth-order valence-corrected chi connectivity index (χ4v) is 4.66. The molecule has 0 bridgehead atoms. The van der Waals surface area contributed by atoms with Crippen LogP contribution in [0, 0.1) is 18.8 Å². The molecule has 212 valence electrons. The number of carbonyl (C=O) groups excluding carboxylic acids is 4. The number of rotatable bonds is 10. The average Bonchev–Trinajstić information content (AvgIpc) is 2.84. The smallest absolute Gasteiger partial charge is 0.408 e. The molecular formula is C28H44N4O5S. The molecule has 10 heteroatoms. The lowest BCUT2D eigenvalue weighted by molar-refractivity contribution is -0.138. The molecule has 3 N–H and O–H groups in total. The van der Waals surface area contributed by atoms with Gasteiger partial charge in [-0.2, -0.15) is 11.8 Å². The Labute approximate surface area is 231 Å². The number of thioether (sulfide) groups is 1. The van der Waals surface area contributed by atoms with Gasteiger partial charge in [-0.1, -0.05) is 31.5 Å². The predicted molar refractivity (Wildman–Crippen MR) is 152 cm³/mol. The normalized spacial score (nSPS) is 15.9. The second-order valence-electron chi connectivity index (χ2n) is 11.2. The number of alkyl carbamates (subject to hydrolysis) is 1. The summed E-state index contributed by atoms with van der Waals surface area (Å²) in [6.45, 7) is 11.9. The fourth-order valence-electron chi connectivity index (χ4n) is 4.19. The maximum absolute atomic E-state index is 13.2. The van der Waals surface area contributed by atoms with Gasteiger partial charge in [-0.25, -0.2) is 4.79 Å². The molecule has 1 aromatic carbocycles. The van der Waals surface area contributed by atoms with Crippen LogP contribution in [-0.4, -0.2) is 71.5 Å². The number of likely N-dealkylation sites (tertiary alicyclic amines) is 1. The van der Waals surface area contributed by atoms with Crippen LogP contribution in [0.3, 0.4) is 0 Å². The van der Waals surface area contributed by atoms with Crippen LogP contribution in [0.15, 0.2) is 24.3 Å². The van der Waals surface area contributed by atoms with Crippen LogP contribution in [0.5, 0.6) is 0 Å². The first kappa shape index (κ1) is 31.5. The number of aryl methyl sites for hydroxylation is 1. The van der Waals surface area contributed by atoms with Crippen molar-refractivity contribution in [3.05, 3.63) is 29.8 Å². The maximum atomic E-state index is 13.2. The molecule has 1 aliphatic heterocycles. The number of piperidine rings is 1. The lowest BCUT2D eigenvalue weighted by Crippen LogP contribution is -2.54. The van der Waals surface area contributed by atoms with Crippen LogP contribution >= 0.6 is 11.8 Å². The minimum absolute atomic E-state index is 0.0952. The Bertz CT molecular complexity index is 953. The monoisotopic (exact) mass is 548 g/mol. The van der Waals surface area contributed by atoms with Crippen LogP contribution in [-0.2, 0) is 19.1 Å². The van der Waals surface area contributed by atoms with Crippen molar-refractivity contribution >= 4 is 41.3 Å². The van der Waals surface area contributed by atoms with Crippen LogP contribution in [0.4, 0.5) is 10.5 Å². The second kappa shape index (κ2) is 14.4. The maximum Gasteiger partial charge on any atom is 0.408 e. The number of ether oxygens (including phenoxy) is 1. The van der Waals surface area contributed by atoms with Crippen molar-refractivity contribution in [2.45, 2.75) is 78.5 Å². The molecule has 1 fully saturated rings. The van der Waals surface area contributed by atoms with Gasteiger partial charge < -0.3 is 25.6 Å². The van der Waals surface area contributed by atoms with Crippen molar-refractivity contribution in [3.8, 4) is 0 Å². The van der Waals surface area contributed by atoms with E-state index in [-0.39, 0.29) is 29.6 Å². The summed E-state index contributed by atoms with van der Waals surface area (Å²) in [7, 11) is 0. The highest BCUT2D eigenvalue weighted by Gasteiger charge is 2.34. The van der Waals surface area contributed by atoms with Crippen molar-refractivity contribution < 1.29 is 23.9 Å². The fraction of sp³-hybridized carbons (Fsp3) is 0.643. The molecule has 0 unspecified atom stereocenters.